The number of aromatic nitrogens is 2. The number of nitrogens with one attached hydrogen (secondary N) is 1. The molecule has 112 valence electrons. The lowest BCUT2D eigenvalue weighted by Crippen LogP contribution is -2.32. The number of fused-ring (bicyclic) bond motifs is 1. The molecule has 0 aromatic carbocycles. The highest BCUT2D eigenvalue weighted by Crippen LogP contribution is 2.33. The van der Waals surface area contributed by atoms with Gasteiger partial charge < -0.3 is 4.90 Å². The molecule has 0 aliphatic heterocycles. The molecule has 2 heterocycles. The largest absolute Gasteiger partial charge is 0.352 e. The van der Waals surface area contributed by atoms with Crippen LogP contribution in [0.4, 0.5) is 11.8 Å². The van der Waals surface area contributed by atoms with E-state index in [1.54, 1.807) is 11.3 Å². The lowest BCUT2D eigenvalue weighted by molar-refractivity contribution is 0.679. The van der Waals surface area contributed by atoms with E-state index in [4.69, 9.17) is 11.1 Å². The minimum atomic E-state index is 0.243. The first-order valence-electron chi connectivity index (χ1n) is 7.01. The van der Waals surface area contributed by atoms with Crippen LogP contribution in [0.1, 0.15) is 32.1 Å². The van der Waals surface area contributed by atoms with Gasteiger partial charge in [-0.2, -0.15) is 10.2 Å². The van der Waals surface area contributed by atoms with E-state index in [0.717, 1.165) is 22.5 Å². The number of thiophene rings is 1. The highest BCUT2D eigenvalue weighted by atomic mass is 32.1. The molecule has 0 radical (unpaired) electrons. The monoisotopic (exact) mass is 304 g/mol. The highest BCUT2D eigenvalue weighted by molar-refractivity contribution is 7.18. The molecular weight excluding hydrogens is 284 g/mol. The molecule has 0 fully saturated rings. The number of aryl methyl sites for hydroxylation is 1. The Morgan fingerprint density at radius 1 is 1.48 bits per heavy atom. The van der Waals surface area contributed by atoms with E-state index < -0.39 is 0 Å². The molecule has 0 aliphatic carbocycles. The molecule has 0 saturated heterocycles. The molecule has 0 aliphatic rings. The summed E-state index contributed by atoms with van der Waals surface area (Å²) in [6.07, 6.45) is 1.42. The molecule has 6 nitrogen and oxygen atoms in total. The molecule has 0 saturated carbocycles. The summed E-state index contributed by atoms with van der Waals surface area (Å²) in [4.78, 5) is 13.3. The standard InChI is InChI=1S/C14H20N6S/c1-4-10-8-11-12(20(9(2)3)7-5-6-15)17-14(19-16)18-13(11)21-10/h8-9H,4-5,7,16H2,1-3H3,(H,17,18,19). The van der Waals surface area contributed by atoms with Crippen LogP contribution in [0.2, 0.25) is 0 Å². The van der Waals surface area contributed by atoms with Crippen LogP contribution in [-0.2, 0) is 6.42 Å². The predicted octanol–water partition coefficient (Wildman–Crippen LogP) is 2.67. The maximum absolute atomic E-state index is 8.86. The van der Waals surface area contributed by atoms with E-state index >= 15 is 0 Å². The summed E-state index contributed by atoms with van der Waals surface area (Å²) in [6.45, 7) is 6.94. The van der Waals surface area contributed by atoms with Gasteiger partial charge in [0, 0.05) is 17.5 Å². The number of hydrazine groups is 1. The number of hydrogen-bond donors (Lipinski definition) is 2. The van der Waals surface area contributed by atoms with Crippen LogP contribution in [0.15, 0.2) is 6.07 Å². The smallest absolute Gasteiger partial charge is 0.240 e. The van der Waals surface area contributed by atoms with Crippen molar-refractivity contribution in [3.05, 3.63) is 10.9 Å². The fourth-order valence-electron chi connectivity index (χ4n) is 2.19. The van der Waals surface area contributed by atoms with Crippen LogP contribution < -0.4 is 16.2 Å². The van der Waals surface area contributed by atoms with E-state index in [1.807, 2.05) is 0 Å². The zero-order valence-corrected chi connectivity index (χ0v) is 13.4. The first-order valence-corrected chi connectivity index (χ1v) is 7.83. The fraction of sp³-hybridized carbons (Fsp3) is 0.500. The van der Waals surface area contributed by atoms with Gasteiger partial charge in [0.2, 0.25) is 5.95 Å². The Bertz CT molecular complexity index is 657. The molecule has 7 heteroatoms. The lowest BCUT2D eigenvalue weighted by Gasteiger charge is -2.27. The quantitative estimate of drug-likeness (QED) is 0.630. The van der Waals surface area contributed by atoms with Crippen LogP contribution in [0.5, 0.6) is 0 Å². The summed E-state index contributed by atoms with van der Waals surface area (Å²) in [5.74, 6) is 6.73. The van der Waals surface area contributed by atoms with E-state index in [9.17, 15) is 0 Å². The normalized spacial score (nSPS) is 10.9. The van der Waals surface area contributed by atoms with Gasteiger partial charge in [-0.1, -0.05) is 6.92 Å². The van der Waals surface area contributed by atoms with E-state index in [2.05, 4.69) is 53.2 Å². The number of nitrogen functional groups attached to an aromatic ring is 1. The number of nitriles is 1. The molecule has 0 spiro atoms. The first-order chi connectivity index (χ1) is 10.1. The Balaban J connectivity index is 2.57. The number of hydrogen-bond acceptors (Lipinski definition) is 7. The molecule has 2 rings (SSSR count). The van der Waals surface area contributed by atoms with Gasteiger partial charge in [0.05, 0.1) is 17.9 Å². The van der Waals surface area contributed by atoms with Crippen molar-refractivity contribution in [2.45, 2.75) is 39.7 Å². The Labute approximate surface area is 128 Å². The van der Waals surface area contributed by atoms with E-state index in [0.29, 0.717) is 18.9 Å². The maximum Gasteiger partial charge on any atom is 0.240 e. The third-order valence-electron chi connectivity index (χ3n) is 3.26. The fourth-order valence-corrected chi connectivity index (χ4v) is 3.15. The third kappa shape index (κ3) is 3.23. The van der Waals surface area contributed by atoms with Crippen molar-refractivity contribution >= 4 is 33.3 Å². The van der Waals surface area contributed by atoms with Gasteiger partial charge in [0.15, 0.2) is 0 Å². The van der Waals surface area contributed by atoms with Crippen LogP contribution in [0.3, 0.4) is 0 Å². The molecule has 3 N–H and O–H groups in total. The second kappa shape index (κ2) is 6.70. The highest BCUT2D eigenvalue weighted by Gasteiger charge is 2.18. The van der Waals surface area contributed by atoms with Crippen LogP contribution >= 0.6 is 11.3 Å². The number of rotatable bonds is 6. The van der Waals surface area contributed by atoms with Gasteiger partial charge in [-0.3, -0.25) is 5.43 Å². The Morgan fingerprint density at radius 2 is 2.24 bits per heavy atom. The number of nitrogens with two attached hydrogens (primary N) is 1. The van der Waals surface area contributed by atoms with Crippen molar-refractivity contribution in [2.75, 3.05) is 16.9 Å². The molecular formula is C14H20N6S. The first kappa shape index (κ1) is 15.5. The van der Waals surface area contributed by atoms with E-state index in [-0.39, 0.29) is 6.04 Å². The summed E-state index contributed by atoms with van der Waals surface area (Å²) in [5.41, 5.74) is 2.53. The molecule has 21 heavy (non-hydrogen) atoms. The van der Waals surface area contributed by atoms with Gasteiger partial charge in [0.25, 0.3) is 0 Å². The summed E-state index contributed by atoms with van der Waals surface area (Å²) in [5, 5.41) is 9.89. The summed E-state index contributed by atoms with van der Waals surface area (Å²) < 4.78 is 0. The van der Waals surface area contributed by atoms with Crippen molar-refractivity contribution in [1.82, 2.24) is 9.97 Å². The lowest BCUT2D eigenvalue weighted by atomic mass is 10.2. The minimum Gasteiger partial charge on any atom is -0.352 e. The van der Waals surface area contributed by atoms with Gasteiger partial charge in [-0.05, 0) is 26.3 Å². The second-order valence-corrected chi connectivity index (χ2v) is 6.11. The number of anilines is 2. The van der Waals surface area contributed by atoms with Crippen molar-refractivity contribution < 1.29 is 0 Å². The van der Waals surface area contributed by atoms with E-state index in [1.165, 1.54) is 4.88 Å². The molecule has 0 amide bonds. The van der Waals surface area contributed by atoms with Crippen molar-refractivity contribution in [3.8, 4) is 6.07 Å². The Morgan fingerprint density at radius 3 is 2.81 bits per heavy atom. The average molecular weight is 304 g/mol. The van der Waals surface area contributed by atoms with Crippen molar-refractivity contribution in [2.24, 2.45) is 5.84 Å². The molecule has 0 unspecified atom stereocenters. The molecule has 2 aromatic rings. The van der Waals surface area contributed by atoms with Crippen molar-refractivity contribution in [1.29, 1.82) is 5.26 Å². The average Bonchev–Trinajstić information content (AvgIpc) is 2.90. The van der Waals surface area contributed by atoms with Gasteiger partial charge in [0.1, 0.15) is 10.6 Å². The van der Waals surface area contributed by atoms with Crippen molar-refractivity contribution in [3.63, 3.8) is 0 Å². The summed E-state index contributed by atoms with van der Waals surface area (Å²) in [7, 11) is 0. The number of nitrogens with zero attached hydrogens (tertiary/aromatic N) is 4. The summed E-state index contributed by atoms with van der Waals surface area (Å²) >= 11 is 1.66. The molecule has 2 aromatic heterocycles. The second-order valence-electron chi connectivity index (χ2n) is 5.00. The Hall–Kier alpha value is -1.91. The Kier molecular flexibility index (Phi) is 4.94. The van der Waals surface area contributed by atoms with Gasteiger partial charge in [-0.15, -0.1) is 11.3 Å². The van der Waals surface area contributed by atoms with Crippen LogP contribution in [0.25, 0.3) is 10.2 Å². The van der Waals surface area contributed by atoms with Crippen LogP contribution in [-0.4, -0.2) is 22.6 Å². The minimum absolute atomic E-state index is 0.243. The zero-order valence-electron chi connectivity index (χ0n) is 12.6. The van der Waals surface area contributed by atoms with Gasteiger partial charge in [-0.25, -0.2) is 10.8 Å². The molecule has 0 bridgehead atoms. The topological polar surface area (TPSA) is 90.9 Å². The maximum atomic E-state index is 8.86. The summed E-state index contributed by atoms with van der Waals surface area (Å²) in [6, 6.07) is 4.57. The van der Waals surface area contributed by atoms with Gasteiger partial charge >= 0.3 is 0 Å². The molecule has 0 atom stereocenters. The van der Waals surface area contributed by atoms with Crippen LogP contribution in [0, 0.1) is 11.3 Å². The predicted molar refractivity (Wildman–Crippen MR) is 87.3 cm³/mol. The SMILES string of the molecule is CCc1cc2c(N(CCC#N)C(C)C)nc(NN)nc2s1. The zero-order chi connectivity index (χ0) is 15.4. The third-order valence-corrected chi connectivity index (χ3v) is 4.43.